The van der Waals surface area contributed by atoms with Gasteiger partial charge in [0.05, 0.1) is 0 Å². The van der Waals surface area contributed by atoms with Gasteiger partial charge in [-0.2, -0.15) is 0 Å². The fourth-order valence-electron chi connectivity index (χ4n) is 0.386. The van der Waals surface area contributed by atoms with Crippen molar-refractivity contribution in [1.29, 1.82) is 0 Å². The predicted molar refractivity (Wildman–Crippen MR) is 41.0 cm³/mol. The fraction of sp³-hybridized carbons (Fsp3) is 0.444. The van der Waals surface area contributed by atoms with Gasteiger partial charge in [0.15, 0.2) is 0 Å². The molecule has 0 nitrogen and oxygen atoms in total. The molecule has 0 aliphatic carbocycles. The molecule has 0 aliphatic heterocycles. The van der Waals surface area contributed by atoms with Crippen molar-refractivity contribution in [2.45, 2.75) is 26.7 Å². The van der Waals surface area contributed by atoms with Crippen molar-refractivity contribution in [2.75, 3.05) is 0 Å². The van der Waals surface area contributed by atoms with Gasteiger partial charge in [-0.05, 0) is 25.0 Å². The molecule has 0 heterocycles. The lowest BCUT2D eigenvalue weighted by Gasteiger charge is -1.82. The molecule has 0 aromatic rings. The second-order valence-electron chi connectivity index (χ2n) is 1.89. The van der Waals surface area contributed by atoms with Gasteiger partial charge in [-0.25, -0.2) is 0 Å². The Labute approximate surface area is 57.3 Å². The summed E-state index contributed by atoms with van der Waals surface area (Å²) in [6.07, 6.45) is 8.66. The molecule has 0 saturated carbocycles. The Bertz CT molecular complexity index is 161. The number of terminal acetylenes is 1. The summed E-state index contributed by atoms with van der Waals surface area (Å²) >= 11 is 0. The summed E-state index contributed by atoms with van der Waals surface area (Å²) in [4.78, 5) is 0. The summed E-state index contributed by atoms with van der Waals surface area (Å²) in [5, 5.41) is 0. The highest BCUT2D eigenvalue weighted by molar-refractivity contribution is 5.01. The Morgan fingerprint density at radius 3 is 2.78 bits per heavy atom. The lowest BCUT2D eigenvalue weighted by atomic mass is 10.2. The van der Waals surface area contributed by atoms with Gasteiger partial charge in [0.25, 0.3) is 0 Å². The van der Waals surface area contributed by atoms with Gasteiger partial charge < -0.3 is 0 Å². The van der Waals surface area contributed by atoms with Gasteiger partial charge in [0.2, 0.25) is 0 Å². The molecule has 0 aromatic carbocycles. The first kappa shape index (κ1) is 8.08. The van der Waals surface area contributed by atoms with Gasteiger partial charge in [0.1, 0.15) is 0 Å². The normalized spacial score (nSPS) is 7.22. The Morgan fingerprint density at radius 1 is 1.67 bits per heavy atom. The van der Waals surface area contributed by atoms with E-state index in [1.165, 1.54) is 5.57 Å². The van der Waals surface area contributed by atoms with Crippen LogP contribution in [0.4, 0.5) is 0 Å². The molecule has 0 unspecified atom stereocenters. The summed E-state index contributed by atoms with van der Waals surface area (Å²) in [6.45, 7) is 4.15. The van der Waals surface area contributed by atoms with Gasteiger partial charge in [-0.1, -0.05) is 6.92 Å². The average molecular weight is 120 g/mol. The summed E-state index contributed by atoms with van der Waals surface area (Å²) < 4.78 is 0. The van der Waals surface area contributed by atoms with Crippen LogP contribution in [-0.2, 0) is 0 Å². The van der Waals surface area contributed by atoms with E-state index in [1.807, 2.05) is 13.0 Å². The highest BCUT2D eigenvalue weighted by Crippen LogP contribution is 1.93. The molecule has 0 fully saturated rings. The number of hydrogen-bond donors (Lipinski definition) is 0. The maximum atomic E-state index is 5.03. The topological polar surface area (TPSA) is 0 Å². The molecule has 0 aromatic heterocycles. The van der Waals surface area contributed by atoms with E-state index in [2.05, 4.69) is 18.6 Å². The van der Waals surface area contributed by atoms with E-state index in [1.54, 1.807) is 0 Å². The molecule has 0 spiro atoms. The average Bonchev–Trinajstić information content (AvgIpc) is 1.89. The van der Waals surface area contributed by atoms with Crippen LogP contribution in [0.3, 0.4) is 0 Å². The highest BCUT2D eigenvalue weighted by atomic mass is 13.8. The largest absolute Gasteiger partial charge is 0.125 e. The SMILES string of the molecule is C#CCC=C=C(C)CC. The first-order valence-corrected chi connectivity index (χ1v) is 3.15. The van der Waals surface area contributed by atoms with Crippen molar-refractivity contribution >= 4 is 0 Å². The van der Waals surface area contributed by atoms with Crippen molar-refractivity contribution < 1.29 is 0 Å². The zero-order valence-electron chi connectivity index (χ0n) is 6.07. The van der Waals surface area contributed by atoms with E-state index in [9.17, 15) is 0 Å². The van der Waals surface area contributed by atoms with E-state index >= 15 is 0 Å². The van der Waals surface area contributed by atoms with Crippen LogP contribution in [-0.4, -0.2) is 0 Å². The minimum Gasteiger partial charge on any atom is -0.125 e. The lowest BCUT2D eigenvalue weighted by Crippen LogP contribution is -1.64. The smallest absolute Gasteiger partial charge is 0.0342 e. The van der Waals surface area contributed by atoms with Gasteiger partial charge >= 0.3 is 0 Å². The van der Waals surface area contributed by atoms with E-state index in [0.717, 1.165) is 6.42 Å². The summed E-state index contributed by atoms with van der Waals surface area (Å²) in [7, 11) is 0. The third kappa shape index (κ3) is 4.94. The second kappa shape index (κ2) is 5.22. The number of hydrogen-bond acceptors (Lipinski definition) is 0. The van der Waals surface area contributed by atoms with Crippen LogP contribution in [0.2, 0.25) is 0 Å². The Hall–Kier alpha value is -0.920. The summed E-state index contributed by atoms with van der Waals surface area (Å²) in [5.74, 6) is 2.52. The van der Waals surface area contributed by atoms with Crippen LogP contribution in [0.1, 0.15) is 26.7 Å². The molecule has 0 heteroatoms. The predicted octanol–water partition coefficient (Wildman–Crippen LogP) is 2.52. The van der Waals surface area contributed by atoms with E-state index in [4.69, 9.17) is 6.42 Å². The molecule has 0 bridgehead atoms. The maximum absolute atomic E-state index is 5.03. The van der Waals surface area contributed by atoms with Crippen molar-refractivity contribution in [3.05, 3.63) is 17.4 Å². The standard InChI is InChI=1S/C9H12/c1-4-6-7-8-9(3)5-2/h1,7H,5-6H2,2-3H3. The van der Waals surface area contributed by atoms with Crippen molar-refractivity contribution in [3.8, 4) is 12.3 Å². The molecular weight excluding hydrogens is 108 g/mol. The highest BCUT2D eigenvalue weighted by Gasteiger charge is 1.75. The van der Waals surface area contributed by atoms with Gasteiger partial charge in [-0.15, -0.1) is 18.1 Å². The van der Waals surface area contributed by atoms with Crippen molar-refractivity contribution in [3.63, 3.8) is 0 Å². The Kier molecular flexibility index (Phi) is 4.69. The van der Waals surface area contributed by atoms with Crippen LogP contribution in [0.5, 0.6) is 0 Å². The molecule has 0 atom stereocenters. The number of rotatable bonds is 2. The molecular formula is C9H12. The lowest BCUT2D eigenvalue weighted by molar-refractivity contribution is 1.10. The molecule has 0 amide bonds. The molecule has 0 saturated heterocycles. The first-order chi connectivity index (χ1) is 4.31. The zero-order valence-corrected chi connectivity index (χ0v) is 6.07. The van der Waals surface area contributed by atoms with Crippen LogP contribution >= 0.6 is 0 Å². The number of allylic oxidation sites excluding steroid dienone is 1. The summed E-state index contributed by atoms with van der Waals surface area (Å²) in [5.41, 5.74) is 4.34. The second-order valence-corrected chi connectivity index (χ2v) is 1.89. The minimum absolute atomic E-state index is 0.692. The maximum Gasteiger partial charge on any atom is 0.0342 e. The van der Waals surface area contributed by atoms with Crippen LogP contribution < -0.4 is 0 Å². The van der Waals surface area contributed by atoms with E-state index in [-0.39, 0.29) is 0 Å². The molecule has 48 valence electrons. The third-order valence-electron chi connectivity index (χ3n) is 1.10. The molecule has 0 N–H and O–H groups in total. The van der Waals surface area contributed by atoms with Crippen LogP contribution in [0.15, 0.2) is 17.4 Å². The van der Waals surface area contributed by atoms with E-state index < -0.39 is 0 Å². The zero-order chi connectivity index (χ0) is 7.11. The first-order valence-electron chi connectivity index (χ1n) is 3.15. The summed E-state index contributed by atoms with van der Waals surface area (Å²) in [6, 6.07) is 0. The Morgan fingerprint density at radius 2 is 2.33 bits per heavy atom. The van der Waals surface area contributed by atoms with Crippen LogP contribution in [0.25, 0.3) is 0 Å². The molecule has 9 heavy (non-hydrogen) atoms. The van der Waals surface area contributed by atoms with Crippen LogP contribution in [0, 0.1) is 12.3 Å². The van der Waals surface area contributed by atoms with E-state index in [0.29, 0.717) is 6.42 Å². The monoisotopic (exact) mass is 120 g/mol. The van der Waals surface area contributed by atoms with Crippen molar-refractivity contribution in [2.24, 2.45) is 0 Å². The van der Waals surface area contributed by atoms with Gasteiger partial charge in [-0.3, -0.25) is 0 Å². The molecule has 0 rings (SSSR count). The quantitative estimate of drug-likeness (QED) is 0.388. The third-order valence-corrected chi connectivity index (χ3v) is 1.10. The van der Waals surface area contributed by atoms with Crippen molar-refractivity contribution in [1.82, 2.24) is 0 Å². The van der Waals surface area contributed by atoms with Gasteiger partial charge in [0, 0.05) is 6.42 Å². The fourth-order valence-corrected chi connectivity index (χ4v) is 0.386. The minimum atomic E-state index is 0.692. The molecule has 0 radical (unpaired) electrons. The molecule has 0 aliphatic rings. The Balaban J connectivity index is 3.80.